The van der Waals surface area contributed by atoms with Crippen LogP contribution in [0.25, 0.3) is 0 Å². The van der Waals surface area contributed by atoms with Crippen LogP contribution in [0.5, 0.6) is 5.75 Å². The quantitative estimate of drug-likeness (QED) is 0.928. The first-order valence-electron chi connectivity index (χ1n) is 8.04. The second kappa shape index (κ2) is 6.91. The number of methoxy groups -OCH3 is 1. The number of ether oxygens (including phenoxy) is 1. The largest absolute Gasteiger partial charge is 0.497 e. The molecule has 1 aliphatic heterocycles. The molecular weight excluding hydrogens is 318 g/mol. The number of aromatic nitrogens is 1. The number of nitrogens with zero attached hydrogens (tertiary/aromatic N) is 3. The van der Waals surface area contributed by atoms with Crippen molar-refractivity contribution in [2.45, 2.75) is 25.5 Å². The zero-order chi connectivity index (χ0) is 18.0. The van der Waals surface area contributed by atoms with E-state index in [9.17, 15) is 9.90 Å². The summed E-state index contributed by atoms with van der Waals surface area (Å²) in [5.74, 6) is 0.454. The molecule has 0 aliphatic carbocycles. The van der Waals surface area contributed by atoms with Crippen LogP contribution < -0.4 is 4.74 Å². The maximum absolute atomic E-state index is 12.9. The Bertz CT molecular complexity index is 844. The molecule has 0 saturated carbocycles. The Hall–Kier alpha value is -2.91. The van der Waals surface area contributed by atoms with Gasteiger partial charge in [-0.05, 0) is 43.2 Å². The first-order chi connectivity index (χ1) is 12.0. The zero-order valence-electron chi connectivity index (χ0n) is 14.1. The molecule has 1 fully saturated rings. The number of hydrogen-bond donors (Lipinski definition) is 1. The number of β-amino-alcohol motifs (C(OH)–C–C–N with tert-alkyl or cyclic N) is 1. The highest BCUT2D eigenvalue weighted by Gasteiger charge is 2.36. The molecule has 0 bridgehead atoms. The summed E-state index contributed by atoms with van der Waals surface area (Å²) < 4.78 is 5.25. The number of carbonyl (C=O) groups is 1. The Labute approximate surface area is 146 Å². The van der Waals surface area contributed by atoms with Gasteiger partial charge in [-0.3, -0.25) is 4.79 Å². The van der Waals surface area contributed by atoms with Gasteiger partial charge in [0.15, 0.2) is 0 Å². The Morgan fingerprint density at radius 1 is 1.40 bits per heavy atom. The van der Waals surface area contributed by atoms with Gasteiger partial charge in [0.1, 0.15) is 17.5 Å². The van der Waals surface area contributed by atoms with Crippen molar-refractivity contribution in [2.24, 2.45) is 0 Å². The van der Waals surface area contributed by atoms with Gasteiger partial charge in [-0.1, -0.05) is 12.1 Å². The fourth-order valence-corrected chi connectivity index (χ4v) is 3.15. The number of aliphatic hydroxyl groups is 1. The predicted molar refractivity (Wildman–Crippen MR) is 91.1 cm³/mol. The minimum absolute atomic E-state index is 0.240. The maximum Gasteiger partial charge on any atom is 0.273 e. The lowest BCUT2D eigenvalue weighted by molar-refractivity contribution is 0.0709. The van der Waals surface area contributed by atoms with Gasteiger partial charge in [0.25, 0.3) is 5.91 Å². The van der Waals surface area contributed by atoms with Crippen LogP contribution in [-0.4, -0.2) is 40.7 Å². The minimum atomic E-state index is -0.584. The van der Waals surface area contributed by atoms with Crippen LogP contribution in [0.2, 0.25) is 0 Å². The molecule has 0 spiro atoms. The minimum Gasteiger partial charge on any atom is -0.497 e. The van der Waals surface area contributed by atoms with Crippen LogP contribution in [0.15, 0.2) is 36.4 Å². The van der Waals surface area contributed by atoms with Crippen LogP contribution in [0.4, 0.5) is 0 Å². The topological polar surface area (TPSA) is 86.5 Å². The van der Waals surface area contributed by atoms with Crippen molar-refractivity contribution in [1.29, 1.82) is 5.26 Å². The van der Waals surface area contributed by atoms with E-state index in [0.717, 1.165) is 5.56 Å². The molecule has 6 heteroatoms. The van der Waals surface area contributed by atoms with E-state index in [-0.39, 0.29) is 24.2 Å². The van der Waals surface area contributed by atoms with Crippen LogP contribution in [0.1, 0.15) is 39.8 Å². The summed E-state index contributed by atoms with van der Waals surface area (Å²) in [5.41, 5.74) is 2.15. The molecule has 1 amide bonds. The number of benzene rings is 1. The summed E-state index contributed by atoms with van der Waals surface area (Å²) in [5, 5.41) is 19.1. The van der Waals surface area contributed by atoms with E-state index >= 15 is 0 Å². The number of likely N-dealkylation sites (tertiary alicyclic amines) is 1. The van der Waals surface area contributed by atoms with Crippen molar-refractivity contribution in [3.63, 3.8) is 0 Å². The molecule has 1 aromatic carbocycles. The summed E-state index contributed by atoms with van der Waals surface area (Å²) in [7, 11) is 1.59. The Balaban J connectivity index is 1.92. The summed E-state index contributed by atoms with van der Waals surface area (Å²) in [6.07, 6.45) is -0.117. The monoisotopic (exact) mass is 337 g/mol. The third kappa shape index (κ3) is 3.32. The van der Waals surface area contributed by atoms with E-state index in [1.165, 1.54) is 0 Å². The third-order valence-electron chi connectivity index (χ3n) is 4.44. The number of hydrogen-bond acceptors (Lipinski definition) is 5. The molecule has 25 heavy (non-hydrogen) atoms. The molecule has 128 valence electrons. The van der Waals surface area contributed by atoms with Crippen molar-refractivity contribution in [3.05, 3.63) is 58.9 Å². The molecule has 2 heterocycles. The molecule has 2 aromatic rings. The summed E-state index contributed by atoms with van der Waals surface area (Å²) in [6, 6.07) is 12.5. The van der Waals surface area contributed by atoms with Crippen molar-refractivity contribution < 1.29 is 14.6 Å². The fourth-order valence-electron chi connectivity index (χ4n) is 3.15. The van der Waals surface area contributed by atoms with Crippen LogP contribution in [0.3, 0.4) is 0 Å². The lowest BCUT2D eigenvalue weighted by atomic mass is 10.0. The SMILES string of the molecule is COc1cccc([C@@H]2C[C@@H](O)CN2C(=O)c2ccc(C#N)c(C)n2)c1. The molecule has 1 N–H and O–H groups in total. The van der Waals surface area contributed by atoms with Gasteiger partial charge < -0.3 is 14.7 Å². The second-order valence-corrected chi connectivity index (χ2v) is 6.08. The normalized spacial score (nSPS) is 19.5. The fraction of sp³-hybridized carbons (Fsp3) is 0.316. The van der Waals surface area contributed by atoms with Crippen molar-refractivity contribution in [2.75, 3.05) is 13.7 Å². The van der Waals surface area contributed by atoms with E-state index in [4.69, 9.17) is 10.00 Å². The average molecular weight is 337 g/mol. The highest BCUT2D eigenvalue weighted by atomic mass is 16.5. The molecule has 0 radical (unpaired) electrons. The van der Waals surface area contributed by atoms with Gasteiger partial charge >= 0.3 is 0 Å². The van der Waals surface area contributed by atoms with Gasteiger partial charge in [0.2, 0.25) is 0 Å². The van der Waals surface area contributed by atoms with Gasteiger partial charge in [-0.2, -0.15) is 5.26 Å². The highest BCUT2D eigenvalue weighted by molar-refractivity contribution is 5.93. The number of rotatable bonds is 3. The van der Waals surface area contributed by atoms with E-state index in [2.05, 4.69) is 4.98 Å². The number of aryl methyl sites for hydroxylation is 1. The first kappa shape index (κ1) is 16.9. The second-order valence-electron chi connectivity index (χ2n) is 6.08. The molecule has 0 unspecified atom stereocenters. The highest BCUT2D eigenvalue weighted by Crippen LogP contribution is 2.34. The molecular formula is C19H19N3O3. The van der Waals surface area contributed by atoms with Gasteiger partial charge in [0, 0.05) is 6.54 Å². The number of aliphatic hydroxyl groups excluding tert-OH is 1. The molecule has 1 aromatic heterocycles. The van der Waals surface area contributed by atoms with E-state index < -0.39 is 6.10 Å². The van der Waals surface area contributed by atoms with E-state index in [1.807, 2.05) is 30.3 Å². The first-order valence-corrected chi connectivity index (χ1v) is 8.04. The number of pyridine rings is 1. The molecule has 3 rings (SSSR count). The number of carbonyl (C=O) groups excluding carboxylic acids is 1. The average Bonchev–Trinajstić information content (AvgIpc) is 3.02. The van der Waals surface area contributed by atoms with Gasteiger partial charge in [-0.15, -0.1) is 0 Å². The number of amides is 1. The third-order valence-corrected chi connectivity index (χ3v) is 4.44. The van der Waals surface area contributed by atoms with Crippen molar-refractivity contribution >= 4 is 5.91 Å². The van der Waals surface area contributed by atoms with Crippen LogP contribution >= 0.6 is 0 Å². The standard InChI is InChI=1S/C19H19N3O3/c1-12-14(10-20)6-7-17(21-12)19(24)22-11-15(23)9-18(22)13-4-3-5-16(8-13)25-2/h3-8,15,18,23H,9,11H2,1-2H3/t15-,18+/m1/s1. The molecule has 2 atom stereocenters. The van der Waals surface area contributed by atoms with Gasteiger partial charge in [-0.25, -0.2) is 4.98 Å². The van der Waals surface area contributed by atoms with Gasteiger partial charge in [0.05, 0.1) is 30.5 Å². The molecule has 1 saturated heterocycles. The predicted octanol–water partition coefficient (Wildman–Crippen LogP) is 2.22. The molecule has 1 aliphatic rings. The molecule has 6 nitrogen and oxygen atoms in total. The zero-order valence-corrected chi connectivity index (χ0v) is 14.1. The Morgan fingerprint density at radius 2 is 2.20 bits per heavy atom. The summed E-state index contributed by atoms with van der Waals surface area (Å²) in [4.78, 5) is 18.8. The Kier molecular flexibility index (Phi) is 4.68. The van der Waals surface area contributed by atoms with Crippen LogP contribution in [0, 0.1) is 18.3 Å². The lowest BCUT2D eigenvalue weighted by Crippen LogP contribution is -2.32. The van der Waals surface area contributed by atoms with Crippen molar-refractivity contribution in [1.82, 2.24) is 9.88 Å². The lowest BCUT2D eigenvalue weighted by Gasteiger charge is -2.25. The summed E-state index contributed by atoms with van der Waals surface area (Å²) in [6.45, 7) is 1.95. The van der Waals surface area contributed by atoms with E-state index in [0.29, 0.717) is 23.4 Å². The van der Waals surface area contributed by atoms with E-state index in [1.54, 1.807) is 31.1 Å². The Morgan fingerprint density at radius 3 is 2.88 bits per heavy atom. The maximum atomic E-state index is 12.9. The van der Waals surface area contributed by atoms with Crippen molar-refractivity contribution in [3.8, 4) is 11.8 Å². The summed E-state index contributed by atoms with van der Waals surface area (Å²) >= 11 is 0. The van der Waals surface area contributed by atoms with Crippen LogP contribution in [-0.2, 0) is 0 Å². The number of nitriles is 1. The smallest absolute Gasteiger partial charge is 0.273 e.